The van der Waals surface area contributed by atoms with Gasteiger partial charge in [0, 0.05) is 35.7 Å². The van der Waals surface area contributed by atoms with Crippen LogP contribution in [-0.2, 0) is 6.42 Å². The van der Waals surface area contributed by atoms with E-state index >= 15 is 0 Å². The summed E-state index contributed by atoms with van der Waals surface area (Å²) in [5.41, 5.74) is 6.67. The van der Waals surface area contributed by atoms with Crippen LogP contribution in [0.5, 0.6) is 0 Å². The number of aromatic amines is 1. The molecule has 0 aliphatic carbocycles. The Morgan fingerprint density at radius 3 is 2.70 bits per heavy atom. The van der Waals surface area contributed by atoms with E-state index in [2.05, 4.69) is 55.0 Å². The van der Waals surface area contributed by atoms with Crippen molar-refractivity contribution < 1.29 is 5.11 Å². The Morgan fingerprint density at radius 1 is 1.26 bits per heavy atom. The van der Waals surface area contributed by atoms with E-state index in [-0.39, 0.29) is 6.61 Å². The molecule has 0 saturated carbocycles. The lowest BCUT2D eigenvalue weighted by atomic mass is 10.0. The molecule has 0 bridgehead atoms. The number of fused-ring (bicyclic) bond motifs is 1. The number of nitrogens with zero attached hydrogens (tertiary/aromatic N) is 1. The number of rotatable bonds is 8. The quantitative estimate of drug-likeness (QED) is 0.701. The SMILES string of the molecule is Cc1ccc2c(CCNC(C)CN(C)CCO)c(C)[nH]c2c1C. The fourth-order valence-electron chi connectivity index (χ4n) is 3.25. The molecule has 23 heavy (non-hydrogen) atoms. The van der Waals surface area contributed by atoms with Gasteiger partial charge in [0.1, 0.15) is 0 Å². The molecular formula is C19H31N3O. The average Bonchev–Trinajstić information content (AvgIpc) is 2.80. The van der Waals surface area contributed by atoms with Gasteiger partial charge in [-0.2, -0.15) is 0 Å². The molecule has 1 atom stereocenters. The van der Waals surface area contributed by atoms with Crippen molar-refractivity contribution in [1.29, 1.82) is 0 Å². The highest BCUT2D eigenvalue weighted by atomic mass is 16.3. The number of H-pyrrole nitrogens is 1. The lowest BCUT2D eigenvalue weighted by Gasteiger charge is -2.21. The maximum atomic E-state index is 8.96. The van der Waals surface area contributed by atoms with Crippen LogP contribution in [0.3, 0.4) is 0 Å². The summed E-state index contributed by atoms with van der Waals surface area (Å²) >= 11 is 0. The van der Waals surface area contributed by atoms with Crippen molar-refractivity contribution in [1.82, 2.24) is 15.2 Å². The zero-order valence-corrected chi connectivity index (χ0v) is 15.2. The van der Waals surface area contributed by atoms with E-state index in [1.54, 1.807) is 0 Å². The molecule has 0 fully saturated rings. The Bertz CT molecular complexity index is 648. The Balaban J connectivity index is 1.97. The standard InChI is InChI=1S/C19H31N3O/c1-13-6-7-18-17(16(4)21-19(18)15(13)3)8-9-20-14(2)12-22(5)10-11-23/h6-7,14,20-21,23H,8-12H2,1-5H3. The van der Waals surface area contributed by atoms with Crippen molar-refractivity contribution in [2.24, 2.45) is 0 Å². The number of hydrogen-bond donors (Lipinski definition) is 3. The van der Waals surface area contributed by atoms with Gasteiger partial charge in [0.25, 0.3) is 0 Å². The molecule has 0 aliphatic rings. The van der Waals surface area contributed by atoms with Crippen LogP contribution in [0.1, 0.15) is 29.3 Å². The molecule has 1 aromatic carbocycles. The summed E-state index contributed by atoms with van der Waals surface area (Å²) in [4.78, 5) is 5.71. The van der Waals surface area contributed by atoms with Crippen molar-refractivity contribution in [3.05, 3.63) is 34.5 Å². The van der Waals surface area contributed by atoms with Gasteiger partial charge in [0.15, 0.2) is 0 Å². The molecule has 128 valence electrons. The molecule has 1 unspecified atom stereocenters. The lowest BCUT2D eigenvalue weighted by molar-refractivity contribution is 0.211. The number of aromatic nitrogens is 1. The highest BCUT2D eigenvalue weighted by molar-refractivity contribution is 5.88. The second-order valence-corrected chi connectivity index (χ2v) is 6.75. The number of nitrogens with one attached hydrogen (secondary N) is 2. The number of benzene rings is 1. The topological polar surface area (TPSA) is 51.3 Å². The first-order valence-corrected chi connectivity index (χ1v) is 8.54. The third kappa shape index (κ3) is 4.34. The van der Waals surface area contributed by atoms with Crippen LogP contribution in [0.15, 0.2) is 12.1 Å². The maximum Gasteiger partial charge on any atom is 0.0558 e. The van der Waals surface area contributed by atoms with Gasteiger partial charge < -0.3 is 20.3 Å². The minimum atomic E-state index is 0.219. The second-order valence-electron chi connectivity index (χ2n) is 6.75. The highest BCUT2D eigenvalue weighted by Gasteiger charge is 2.12. The van der Waals surface area contributed by atoms with E-state index in [1.165, 1.54) is 33.3 Å². The molecule has 3 N–H and O–H groups in total. The summed E-state index contributed by atoms with van der Waals surface area (Å²) in [6.45, 7) is 11.6. The molecule has 2 aromatic rings. The van der Waals surface area contributed by atoms with Crippen molar-refractivity contribution in [3.8, 4) is 0 Å². The van der Waals surface area contributed by atoms with E-state index in [9.17, 15) is 0 Å². The van der Waals surface area contributed by atoms with Crippen molar-refractivity contribution in [2.45, 2.75) is 40.2 Å². The lowest BCUT2D eigenvalue weighted by Crippen LogP contribution is -2.39. The molecule has 2 rings (SSSR count). The van der Waals surface area contributed by atoms with Gasteiger partial charge in [-0.1, -0.05) is 12.1 Å². The third-order valence-electron chi connectivity index (χ3n) is 4.76. The number of aryl methyl sites for hydroxylation is 3. The number of aliphatic hydroxyl groups is 1. The molecule has 1 heterocycles. The van der Waals surface area contributed by atoms with E-state index in [0.29, 0.717) is 6.04 Å². The number of likely N-dealkylation sites (N-methyl/N-ethyl adjacent to an activating group) is 1. The van der Waals surface area contributed by atoms with Crippen molar-refractivity contribution in [3.63, 3.8) is 0 Å². The first-order chi connectivity index (χ1) is 10.9. The van der Waals surface area contributed by atoms with Gasteiger partial charge in [0.2, 0.25) is 0 Å². The van der Waals surface area contributed by atoms with Crippen LogP contribution in [0.4, 0.5) is 0 Å². The van der Waals surface area contributed by atoms with Crippen LogP contribution in [-0.4, -0.2) is 54.3 Å². The van der Waals surface area contributed by atoms with Crippen molar-refractivity contribution >= 4 is 10.9 Å². The summed E-state index contributed by atoms with van der Waals surface area (Å²) in [5.74, 6) is 0. The van der Waals surface area contributed by atoms with Crippen LogP contribution in [0, 0.1) is 20.8 Å². The normalized spacial score (nSPS) is 13.2. The highest BCUT2D eigenvalue weighted by Crippen LogP contribution is 2.26. The summed E-state index contributed by atoms with van der Waals surface area (Å²) in [6.07, 6.45) is 1.03. The zero-order chi connectivity index (χ0) is 17.0. The maximum absolute atomic E-state index is 8.96. The van der Waals surface area contributed by atoms with E-state index in [0.717, 1.165) is 26.1 Å². The number of aliphatic hydroxyl groups excluding tert-OH is 1. The fraction of sp³-hybridized carbons (Fsp3) is 0.579. The molecule has 0 saturated heterocycles. The molecule has 0 radical (unpaired) electrons. The van der Waals surface area contributed by atoms with Gasteiger partial charge in [-0.15, -0.1) is 0 Å². The van der Waals surface area contributed by atoms with Crippen LogP contribution in [0.2, 0.25) is 0 Å². The summed E-state index contributed by atoms with van der Waals surface area (Å²) in [5, 5.41) is 13.9. The molecule has 0 aliphatic heterocycles. The van der Waals surface area contributed by atoms with Gasteiger partial charge in [0.05, 0.1) is 6.61 Å². The third-order valence-corrected chi connectivity index (χ3v) is 4.76. The van der Waals surface area contributed by atoms with E-state index in [1.807, 2.05) is 7.05 Å². The van der Waals surface area contributed by atoms with Gasteiger partial charge in [-0.25, -0.2) is 0 Å². The summed E-state index contributed by atoms with van der Waals surface area (Å²) in [6, 6.07) is 4.88. The molecule has 0 spiro atoms. The molecule has 4 heteroatoms. The molecular weight excluding hydrogens is 286 g/mol. The van der Waals surface area contributed by atoms with Gasteiger partial charge in [-0.05, 0) is 64.4 Å². The van der Waals surface area contributed by atoms with Crippen LogP contribution >= 0.6 is 0 Å². The summed E-state index contributed by atoms with van der Waals surface area (Å²) < 4.78 is 0. The van der Waals surface area contributed by atoms with Crippen molar-refractivity contribution in [2.75, 3.05) is 33.3 Å². The monoisotopic (exact) mass is 317 g/mol. The molecule has 0 amide bonds. The predicted octanol–water partition coefficient (Wildman–Crippen LogP) is 2.54. The Labute approximate surface area is 139 Å². The fourth-order valence-corrected chi connectivity index (χ4v) is 3.25. The predicted molar refractivity (Wildman–Crippen MR) is 98.3 cm³/mol. The Kier molecular flexibility index (Phi) is 6.22. The van der Waals surface area contributed by atoms with Crippen LogP contribution < -0.4 is 5.32 Å². The average molecular weight is 317 g/mol. The van der Waals surface area contributed by atoms with E-state index in [4.69, 9.17) is 5.11 Å². The summed E-state index contributed by atoms with van der Waals surface area (Å²) in [7, 11) is 2.04. The largest absolute Gasteiger partial charge is 0.395 e. The molecule has 4 nitrogen and oxygen atoms in total. The second kappa shape index (κ2) is 7.95. The Morgan fingerprint density at radius 2 is 2.00 bits per heavy atom. The van der Waals surface area contributed by atoms with Crippen LogP contribution in [0.25, 0.3) is 10.9 Å². The van der Waals surface area contributed by atoms with Gasteiger partial charge >= 0.3 is 0 Å². The van der Waals surface area contributed by atoms with Gasteiger partial charge in [-0.3, -0.25) is 0 Å². The Hall–Kier alpha value is -1.36. The first kappa shape index (κ1) is 18.0. The minimum Gasteiger partial charge on any atom is -0.395 e. The minimum absolute atomic E-state index is 0.219. The first-order valence-electron chi connectivity index (χ1n) is 8.54. The number of hydrogen-bond acceptors (Lipinski definition) is 3. The van der Waals surface area contributed by atoms with E-state index < -0.39 is 0 Å². The smallest absolute Gasteiger partial charge is 0.0558 e. The zero-order valence-electron chi connectivity index (χ0n) is 15.2. The molecule has 1 aromatic heterocycles.